The van der Waals surface area contributed by atoms with Crippen LogP contribution >= 0.6 is 0 Å². The molecule has 1 atom stereocenters. The number of anilines is 2. The molecule has 1 aromatic heterocycles. The van der Waals surface area contributed by atoms with Gasteiger partial charge in [0.25, 0.3) is 0 Å². The van der Waals surface area contributed by atoms with Crippen LogP contribution in [0.3, 0.4) is 0 Å². The van der Waals surface area contributed by atoms with E-state index < -0.39 is 23.7 Å². The van der Waals surface area contributed by atoms with E-state index in [0.29, 0.717) is 5.82 Å². The molecule has 0 aliphatic rings. The number of nitrogens with one attached hydrogen (secondary N) is 2. The Morgan fingerprint density at radius 1 is 1.15 bits per heavy atom. The molecule has 0 aliphatic carbocycles. The van der Waals surface area contributed by atoms with Crippen molar-refractivity contribution in [1.29, 1.82) is 0 Å². The van der Waals surface area contributed by atoms with Crippen LogP contribution in [0.2, 0.25) is 0 Å². The average Bonchev–Trinajstić information content (AvgIpc) is 2.55. The number of carbonyl (C=O) groups excluding carboxylic acids is 1. The number of carboxylic acids is 1. The third-order valence-corrected chi connectivity index (χ3v) is 3.36. The molecule has 1 amide bonds. The van der Waals surface area contributed by atoms with Gasteiger partial charge < -0.3 is 20.5 Å². The number of aromatic nitrogens is 1. The molecule has 0 saturated heterocycles. The monoisotopic (exact) mass is 357 g/mol. The van der Waals surface area contributed by atoms with E-state index in [1.54, 1.807) is 33.0 Å². The number of nitrogens with zero attached hydrogens (tertiary/aromatic N) is 1. The number of hydrogen-bond acceptors (Lipinski definition) is 5. The lowest BCUT2D eigenvalue weighted by Gasteiger charge is -2.22. The molecule has 0 fully saturated rings. The summed E-state index contributed by atoms with van der Waals surface area (Å²) < 4.78 is 5.14. The maximum Gasteiger partial charge on any atom is 0.408 e. The van der Waals surface area contributed by atoms with E-state index in [1.807, 2.05) is 36.4 Å². The first-order valence-corrected chi connectivity index (χ1v) is 8.23. The van der Waals surface area contributed by atoms with Crippen LogP contribution in [0.1, 0.15) is 26.3 Å². The molecule has 26 heavy (non-hydrogen) atoms. The normalized spacial score (nSPS) is 12.1. The number of rotatable bonds is 6. The Kier molecular flexibility index (Phi) is 6.16. The van der Waals surface area contributed by atoms with Gasteiger partial charge >= 0.3 is 12.1 Å². The number of para-hydroxylation sites is 1. The molecular weight excluding hydrogens is 334 g/mol. The van der Waals surface area contributed by atoms with Crippen molar-refractivity contribution >= 4 is 23.6 Å². The SMILES string of the molecule is CC(C)(C)OC(=O)N[C@@H](Cc1ccccc1Nc1ccccn1)C(=O)O. The van der Waals surface area contributed by atoms with Crippen LogP contribution in [-0.2, 0) is 16.0 Å². The molecule has 2 aromatic rings. The second kappa shape index (κ2) is 8.33. The number of amides is 1. The Morgan fingerprint density at radius 3 is 2.46 bits per heavy atom. The zero-order chi connectivity index (χ0) is 19.2. The number of carbonyl (C=O) groups is 2. The van der Waals surface area contributed by atoms with E-state index in [1.165, 1.54) is 0 Å². The second-order valence-electron chi connectivity index (χ2n) is 6.74. The summed E-state index contributed by atoms with van der Waals surface area (Å²) in [5, 5.41) is 15.0. The Hall–Kier alpha value is -3.09. The summed E-state index contributed by atoms with van der Waals surface area (Å²) in [6.45, 7) is 5.15. The van der Waals surface area contributed by atoms with E-state index in [0.717, 1.165) is 11.3 Å². The van der Waals surface area contributed by atoms with Gasteiger partial charge in [0.15, 0.2) is 0 Å². The molecule has 3 N–H and O–H groups in total. The van der Waals surface area contributed by atoms with Crippen molar-refractivity contribution in [1.82, 2.24) is 10.3 Å². The van der Waals surface area contributed by atoms with E-state index in [2.05, 4.69) is 15.6 Å². The summed E-state index contributed by atoms with van der Waals surface area (Å²) in [5.74, 6) is -0.490. The van der Waals surface area contributed by atoms with Crippen LogP contribution < -0.4 is 10.6 Å². The van der Waals surface area contributed by atoms with Gasteiger partial charge in [-0.15, -0.1) is 0 Å². The van der Waals surface area contributed by atoms with E-state index in [4.69, 9.17) is 4.74 Å². The van der Waals surface area contributed by atoms with Crippen LogP contribution in [0.5, 0.6) is 0 Å². The fourth-order valence-electron chi connectivity index (χ4n) is 2.26. The van der Waals surface area contributed by atoms with Crippen molar-refractivity contribution in [3.8, 4) is 0 Å². The predicted octanol–water partition coefficient (Wildman–Crippen LogP) is 3.35. The lowest BCUT2D eigenvalue weighted by Crippen LogP contribution is -2.44. The Bertz CT molecular complexity index is 757. The molecule has 0 saturated carbocycles. The Balaban J connectivity index is 2.14. The van der Waals surface area contributed by atoms with Crippen molar-refractivity contribution < 1.29 is 19.4 Å². The quantitative estimate of drug-likeness (QED) is 0.733. The lowest BCUT2D eigenvalue weighted by molar-refractivity contribution is -0.139. The number of alkyl carbamates (subject to hydrolysis) is 1. The standard InChI is InChI=1S/C19H23N3O4/c1-19(2,3)26-18(25)22-15(17(23)24)12-13-8-4-5-9-14(13)21-16-10-6-7-11-20-16/h4-11,15H,12H2,1-3H3,(H,20,21)(H,22,25)(H,23,24)/t15-/m0/s1. The van der Waals surface area contributed by atoms with Crippen molar-refractivity contribution in [3.05, 3.63) is 54.2 Å². The van der Waals surface area contributed by atoms with Crippen LogP contribution in [-0.4, -0.2) is 33.8 Å². The van der Waals surface area contributed by atoms with Crippen LogP contribution in [0, 0.1) is 0 Å². The van der Waals surface area contributed by atoms with E-state index in [9.17, 15) is 14.7 Å². The number of hydrogen-bond donors (Lipinski definition) is 3. The van der Waals surface area contributed by atoms with Crippen molar-refractivity contribution in [2.24, 2.45) is 0 Å². The van der Waals surface area contributed by atoms with Crippen molar-refractivity contribution in [2.45, 2.75) is 38.8 Å². The smallest absolute Gasteiger partial charge is 0.408 e. The van der Waals surface area contributed by atoms with Crippen LogP contribution in [0.15, 0.2) is 48.7 Å². The highest BCUT2D eigenvalue weighted by atomic mass is 16.6. The van der Waals surface area contributed by atoms with Gasteiger partial charge in [0.05, 0.1) is 0 Å². The number of pyridine rings is 1. The first-order chi connectivity index (χ1) is 12.2. The zero-order valence-corrected chi connectivity index (χ0v) is 15.0. The van der Waals surface area contributed by atoms with Crippen LogP contribution in [0.25, 0.3) is 0 Å². The van der Waals surface area contributed by atoms with Gasteiger partial charge in [-0.25, -0.2) is 14.6 Å². The van der Waals surface area contributed by atoms with Crippen molar-refractivity contribution in [3.63, 3.8) is 0 Å². The summed E-state index contributed by atoms with van der Waals surface area (Å²) in [4.78, 5) is 27.7. The number of benzene rings is 1. The average molecular weight is 357 g/mol. The molecule has 7 nitrogen and oxygen atoms in total. The van der Waals surface area contributed by atoms with Gasteiger partial charge in [0.2, 0.25) is 0 Å². The fraction of sp³-hybridized carbons (Fsp3) is 0.316. The maximum absolute atomic E-state index is 11.9. The van der Waals surface area contributed by atoms with Gasteiger partial charge in [-0.3, -0.25) is 0 Å². The molecule has 0 radical (unpaired) electrons. The summed E-state index contributed by atoms with van der Waals surface area (Å²) in [6, 6.07) is 11.6. The van der Waals surface area contributed by atoms with Crippen LogP contribution in [0.4, 0.5) is 16.3 Å². The molecule has 0 bridgehead atoms. The summed E-state index contributed by atoms with van der Waals surface area (Å²) in [6.07, 6.45) is 1.000. The molecule has 138 valence electrons. The van der Waals surface area contributed by atoms with Gasteiger partial charge in [-0.05, 0) is 44.5 Å². The maximum atomic E-state index is 11.9. The predicted molar refractivity (Wildman–Crippen MR) is 98.5 cm³/mol. The lowest BCUT2D eigenvalue weighted by atomic mass is 10.0. The summed E-state index contributed by atoms with van der Waals surface area (Å²) >= 11 is 0. The minimum absolute atomic E-state index is 0.102. The first kappa shape index (κ1) is 19.2. The molecule has 0 spiro atoms. The van der Waals surface area contributed by atoms with Crippen molar-refractivity contribution in [2.75, 3.05) is 5.32 Å². The third-order valence-electron chi connectivity index (χ3n) is 3.36. The third kappa shape index (κ3) is 6.08. The fourth-order valence-corrected chi connectivity index (χ4v) is 2.26. The summed E-state index contributed by atoms with van der Waals surface area (Å²) in [5.41, 5.74) is 0.760. The highest BCUT2D eigenvalue weighted by molar-refractivity contribution is 5.80. The van der Waals surface area contributed by atoms with Gasteiger partial charge in [-0.2, -0.15) is 0 Å². The molecule has 7 heteroatoms. The van der Waals surface area contributed by atoms with Gasteiger partial charge in [-0.1, -0.05) is 24.3 Å². The Labute approximate surface area is 152 Å². The highest BCUT2D eigenvalue weighted by Crippen LogP contribution is 2.21. The topological polar surface area (TPSA) is 101 Å². The molecule has 0 unspecified atom stereocenters. The van der Waals surface area contributed by atoms with Gasteiger partial charge in [0, 0.05) is 18.3 Å². The van der Waals surface area contributed by atoms with Gasteiger partial charge in [0.1, 0.15) is 17.5 Å². The molecule has 1 aromatic carbocycles. The molecular formula is C19H23N3O4. The minimum atomic E-state index is -1.14. The largest absolute Gasteiger partial charge is 0.480 e. The number of carboxylic acid groups (broad SMARTS) is 1. The molecule has 1 heterocycles. The zero-order valence-electron chi connectivity index (χ0n) is 15.0. The highest BCUT2D eigenvalue weighted by Gasteiger charge is 2.25. The second-order valence-corrected chi connectivity index (χ2v) is 6.74. The summed E-state index contributed by atoms with van der Waals surface area (Å²) in [7, 11) is 0. The van der Waals surface area contributed by atoms with E-state index >= 15 is 0 Å². The molecule has 2 rings (SSSR count). The number of ether oxygens (including phenoxy) is 1. The first-order valence-electron chi connectivity index (χ1n) is 8.23. The molecule has 0 aliphatic heterocycles. The van der Waals surface area contributed by atoms with E-state index in [-0.39, 0.29) is 6.42 Å². The number of aliphatic carboxylic acids is 1. The minimum Gasteiger partial charge on any atom is -0.480 e. The Morgan fingerprint density at radius 2 is 1.85 bits per heavy atom.